The van der Waals surface area contributed by atoms with Crippen LogP contribution in [-0.2, 0) is 4.74 Å². The third kappa shape index (κ3) is 2.47. The van der Waals surface area contributed by atoms with Crippen LogP contribution in [0.15, 0.2) is 47.5 Å². The Morgan fingerprint density at radius 3 is 2.71 bits per heavy atom. The number of aromatic nitrogens is 3. The van der Waals surface area contributed by atoms with Crippen LogP contribution >= 0.6 is 11.6 Å². The summed E-state index contributed by atoms with van der Waals surface area (Å²) in [7, 11) is 0. The van der Waals surface area contributed by atoms with E-state index in [2.05, 4.69) is 9.97 Å². The molecule has 4 aromatic rings. The summed E-state index contributed by atoms with van der Waals surface area (Å²) in [6, 6.07) is 7.12. The van der Waals surface area contributed by atoms with Gasteiger partial charge in [0, 0.05) is 16.0 Å². The molecule has 0 bridgehead atoms. The highest BCUT2D eigenvalue weighted by molar-refractivity contribution is 6.32. The molecule has 3 aromatic heterocycles. The summed E-state index contributed by atoms with van der Waals surface area (Å²) in [5.41, 5.74) is 2.64. The minimum atomic E-state index is -1.24. The van der Waals surface area contributed by atoms with E-state index in [0.29, 0.717) is 21.9 Å². The molecule has 0 spiro atoms. The van der Waals surface area contributed by atoms with Crippen molar-refractivity contribution in [1.29, 1.82) is 0 Å². The minimum Gasteiger partial charge on any atom is -0.472 e. The van der Waals surface area contributed by atoms with Gasteiger partial charge in [-0.1, -0.05) is 11.6 Å². The summed E-state index contributed by atoms with van der Waals surface area (Å²) in [5.74, 6) is 0. The number of hydrogen-bond donors (Lipinski definition) is 3. The lowest BCUT2D eigenvalue weighted by atomic mass is 10.1. The summed E-state index contributed by atoms with van der Waals surface area (Å²) in [5, 5.41) is 32.2. The summed E-state index contributed by atoms with van der Waals surface area (Å²) < 4.78 is 12.7. The molecule has 1 saturated heterocycles. The number of ether oxygens (including phenoxy) is 1. The van der Waals surface area contributed by atoms with Gasteiger partial charge >= 0.3 is 0 Å². The Balaban J connectivity index is 1.84. The topological polar surface area (TPSA) is 114 Å². The largest absolute Gasteiger partial charge is 0.472 e. The second-order valence-corrected chi connectivity index (χ2v) is 7.13. The molecular formula is C19H16ClN3O5. The molecule has 144 valence electrons. The molecule has 0 unspecified atom stereocenters. The lowest BCUT2D eigenvalue weighted by Gasteiger charge is -2.18. The Bertz CT molecular complexity index is 1160. The molecule has 28 heavy (non-hydrogen) atoms. The molecule has 0 amide bonds. The van der Waals surface area contributed by atoms with E-state index in [1.165, 1.54) is 6.33 Å². The van der Waals surface area contributed by atoms with Gasteiger partial charge in [-0.15, -0.1) is 0 Å². The second-order valence-electron chi connectivity index (χ2n) is 6.69. The van der Waals surface area contributed by atoms with Crippen molar-refractivity contribution in [2.24, 2.45) is 0 Å². The number of rotatable bonds is 3. The van der Waals surface area contributed by atoms with Crippen LogP contribution in [0.2, 0.25) is 5.02 Å². The molecular weight excluding hydrogens is 386 g/mol. The molecule has 9 heteroatoms. The molecule has 1 fully saturated rings. The van der Waals surface area contributed by atoms with Gasteiger partial charge in [-0.3, -0.25) is 4.57 Å². The fourth-order valence-corrected chi connectivity index (χ4v) is 3.98. The van der Waals surface area contributed by atoms with Crippen molar-refractivity contribution in [3.63, 3.8) is 0 Å². The van der Waals surface area contributed by atoms with Gasteiger partial charge in [-0.25, -0.2) is 9.97 Å². The van der Waals surface area contributed by atoms with Crippen molar-refractivity contribution in [3.05, 3.63) is 48.1 Å². The third-order valence-electron chi connectivity index (χ3n) is 5.11. The molecule has 4 atom stereocenters. The van der Waals surface area contributed by atoms with Crippen molar-refractivity contribution in [1.82, 2.24) is 14.5 Å². The summed E-state index contributed by atoms with van der Waals surface area (Å²) in [6.45, 7) is -0.410. The first-order valence-electron chi connectivity index (χ1n) is 8.69. The zero-order valence-electron chi connectivity index (χ0n) is 14.4. The minimum absolute atomic E-state index is 0.410. The van der Waals surface area contributed by atoms with Crippen LogP contribution in [0.5, 0.6) is 0 Å². The number of nitrogens with zero attached hydrogens (tertiary/aromatic N) is 3. The molecule has 0 radical (unpaired) electrons. The van der Waals surface area contributed by atoms with E-state index in [0.717, 1.165) is 16.3 Å². The molecule has 1 aliphatic rings. The maximum atomic E-state index is 10.6. The zero-order chi connectivity index (χ0) is 19.4. The van der Waals surface area contributed by atoms with Crippen LogP contribution in [0, 0.1) is 0 Å². The van der Waals surface area contributed by atoms with E-state index >= 15 is 0 Å². The fraction of sp³-hybridized carbons (Fsp3) is 0.263. The van der Waals surface area contributed by atoms with Gasteiger partial charge in [-0.05, 0) is 24.3 Å². The van der Waals surface area contributed by atoms with Gasteiger partial charge in [0.2, 0.25) is 0 Å². The lowest BCUT2D eigenvalue weighted by Crippen LogP contribution is -2.33. The SMILES string of the molecule is OC[C@H]1O[C@@H](n2c3ccc(Cl)cc3c3c(-c4ccoc4)ncnc32)[C@H](O)[C@@H]1O. The maximum absolute atomic E-state index is 10.6. The second kappa shape index (κ2) is 6.54. The summed E-state index contributed by atoms with van der Waals surface area (Å²) >= 11 is 6.24. The Hall–Kier alpha value is -2.49. The number of aliphatic hydroxyl groups is 3. The average molecular weight is 402 g/mol. The van der Waals surface area contributed by atoms with Crippen molar-refractivity contribution in [2.45, 2.75) is 24.5 Å². The van der Waals surface area contributed by atoms with Gasteiger partial charge in [0.05, 0.1) is 35.7 Å². The number of furan rings is 1. The summed E-state index contributed by atoms with van der Waals surface area (Å²) in [6.07, 6.45) is 0.284. The van der Waals surface area contributed by atoms with Crippen LogP contribution in [0.1, 0.15) is 6.23 Å². The summed E-state index contributed by atoms with van der Waals surface area (Å²) in [4.78, 5) is 8.83. The van der Waals surface area contributed by atoms with Gasteiger partial charge in [0.25, 0.3) is 0 Å². The van der Waals surface area contributed by atoms with E-state index in [1.54, 1.807) is 41.4 Å². The zero-order valence-corrected chi connectivity index (χ0v) is 15.2. The van der Waals surface area contributed by atoms with Gasteiger partial charge < -0.3 is 24.5 Å². The fourth-order valence-electron chi connectivity index (χ4n) is 3.81. The molecule has 5 rings (SSSR count). The molecule has 1 aliphatic heterocycles. The molecule has 3 N–H and O–H groups in total. The van der Waals surface area contributed by atoms with Crippen LogP contribution in [0.3, 0.4) is 0 Å². The van der Waals surface area contributed by atoms with E-state index in [1.807, 2.05) is 0 Å². The quantitative estimate of drug-likeness (QED) is 0.481. The molecule has 0 aliphatic carbocycles. The van der Waals surface area contributed by atoms with E-state index in [9.17, 15) is 15.3 Å². The first kappa shape index (κ1) is 17.6. The van der Waals surface area contributed by atoms with E-state index in [4.69, 9.17) is 20.8 Å². The first-order valence-corrected chi connectivity index (χ1v) is 9.07. The maximum Gasteiger partial charge on any atom is 0.165 e. The van der Waals surface area contributed by atoms with Crippen molar-refractivity contribution in [3.8, 4) is 11.3 Å². The number of halogens is 1. The predicted molar refractivity (Wildman–Crippen MR) is 101 cm³/mol. The van der Waals surface area contributed by atoms with Crippen LogP contribution in [-0.4, -0.2) is 54.8 Å². The van der Waals surface area contributed by atoms with Crippen molar-refractivity contribution < 1.29 is 24.5 Å². The third-order valence-corrected chi connectivity index (χ3v) is 5.34. The molecule has 8 nitrogen and oxygen atoms in total. The predicted octanol–water partition coefficient (Wildman–Crippen LogP) is 2.11. The van der Waals surface area contributed by atoms with E-state index in [-0.39, 0.29) is 0 Å². The standard InChI is InChI=1S/C19H16ClN3O5/c20-10-1-2-12-11(5-10)14-15(9-3-4-27-7-9)21-8-22-18(14)23(12)19-17(26)16(25)13(6-24)28-19/h1-5,7-8,13,16-17,19,24-26H,6H2/t13-,16-,17-,19-/m1/s1. The Kier molecular flexibility index (Phi) is 4.11. The van der Waals surface area contributed by atoms with Crippen molar-refractivity contribution >= 4 is 33.5 Å². The lowest BCUT2D eigenvalue weighted by molar-refractivity contribution is -0.0489. The number of benzene rings is 1. The highest BCUT2D eigenvalue weighted by Crippen LogP contribution is 2.40. The number of aliphatic hydroxyl groups excluding tert-OH is 3. The molecule has 1 aromatic carbocycles. The first-order chi connectivity index (χ1) is 13.6. The molecule has 4 heterocycles. The van der Waals surface area contributed by atoms with Gasteiger partial charge in [0.1, 0.15) is 30.3 Å². The Morgan fingerprint density at radius 2 is 2.00 bits per heavy atom. The highest BCUT2D eigenvalue weighted by Gasteiger charge is 2.44. The van der Waals surface area contributed by atoms with Crippen molar-refractivity contribution in [2.75, 3.05) is 6.61 Å². The van der Waals surface area contributed by atoms with Crippen LogP contribution < -0.4 is 0 Å². The van der Waals surface area contributed by atoms with Crippen LogP contribution in [0.25, 0.3) is 33.2 Å². The smallest absolute Gasteiger partial charge is 0.165 e. The number of hydrogen-bond acceptors (Lipinski definition) is 7. The monoisotopic (exact) mass is 401 g/mol. The Labute approximate surface area is 163 Å². The highest BCUT2D eigenvalue weighted by atomic mass is 35.5. The number of fused-ring (bicyclic) bond motifs is 3. The van der Waals surface area contributed by atoms with E-state index < -0.39 is 31.1 Å². The van der Waals surface area contributed by atoms with Crippen LogP contribution in [0.4, 0.5) is 0 Å². The van der Waals surface area contributed by atoms with Gasteiger partial charge in [-0.2, -0.15) is 0 Å². The average Bonchev–Trinajstić information content (AvgIpc) is 3.40. The normalized spacial score (nSPS) is 25.1. The van der Waals surface area contributed by atoms with Gasteiger partial charge in [0.15, 0.2) is 6.23 Å². The molecule has 0 saturated carbocycles. The Morgan fingerprint density at radius 1 is 1.14 bits per heavy atom.